The average molecular weight is 275 g/mol. The molecule has 1 aromatic heterocycles. The minimum Gasteiger partial charge on any atom is -0.306 e. The van der Waals surface area contributed by atoms with Gasteiger partial charge in [0.15, 0.2) is 0 Å². The standard InChI is InChI=1S/C16H18FNS/c1-11-9-19-10-14(11)8-18-16(12-2-3-12)13-4-6-15(17)7-5-13/h4-7,9-10,12,16,18H,2-3,8H2,1H3. The van der Waals surface area contributed by atoms with E-state index in [1.807, 2.05) is 12.1 Å². The van der Waals surface area contributed by atoms with Crippen LogP contribution in [0.3, 0.4) is 0 Å². The molecule has 1 fully saturated rings. The number of hydrogen-bond acceptors (Lipinski definition) is 2. The maximum atomic E-state index is 13.0. The molecule has 1 saturated carbocycles. The first-order valence-corrected chi connectivity index (χ1v) is 7.69. The van der Waals surface area contributed by atoms with Gasteiger partial charge < -0.3 is 5.32 Å². The van der Waals surface area contributed by atoms with Crippen molar-refractivity contribution in [2.75, 3.05) is 0 Å². The van der Waals surface area contributed by atoms with Gasteiger partial charge in [0.25, 0.3) is 0 Å². The highest BCUT2D eigenvalue weighted by Gasteiger charge is 2.31. The Kier molecular flexibility index (Phi) is 3.67. The van der Waals surface area contributed by atoms with Crippen molar-refractivity contribution < 1.29 is 4.39 Å². The number of rotatable bonds is 5. The Morgan fingerprint density at radius 3 is 2.58 bits per heavy atom. The van der Waals surface area contributed by atoms with Crippen molar-refractivity contribution in [1.82, 2.24) is 5.32 Å². The summed E-state index contributed by atoms with van der Waals surface area (Å²) >= 11 is 1.75. The minimum atomic E-state index is -0.160. The number of nitrogens with one attached hydrogen (secondary N) is 1. The molecule has 0 saturated heterocycles. The summed E-state index contributed by atoms with van der Waals surface area (Å²) in [6.07, 6.45) is 2.55. The zero-order chi connectivity index (χ0) is 13.2. The second-order valence-corrected chi connectivity index (χ2v) is 6.07. The molecule has 19 heavy (non-hydrogen) atoms. The van der Waals surface area contributed by atoms with Crippen molar-refractivity contribution in [1.29, 1.82) is 0 Å². The fraction of sp³-hybridized carbons (Fsp3) is 0.375. The minimum absolute atomic E-state index is 0.160. The SMILES string of the molecule is Cc1cscc1CNC(c1ccc(F)cc1)C1CC1. The predicted molar refractivity (Wildman–Crippen MR) is 77.8 cm³/mol. The van der Waals surface area contributed by atoms with E-state index in [-0.39, 0.29) is 5.82 Å². The zero-order valence-corrected chi connectivity index (χ0v) is 11.8. The zero-order valence-electron chi connectivity index (χ0n) is 11.0. The van der Waals surface area contributed by atoms with E-state index in [1.165, 1.54) is 29.5 Å². The van der Waals surface area contributed by atoms with E-state index in [9.17, 15) is 4.39 Å². The number of halogens is 1. The van der Waals surface area contributed by atoms with Crippen LogP contribution in [-0.2, 0) is 6.54 Å². The highest BCUT2D eigenvalue weighted by atomic mass is 32.1. The highest BCUT2D eigenvalue weighted by molar-refractivity contribution is 7.08. The van der Waals surface area contributed by atoms with Gasteiger partial charge in [-0.25, -0.2) is 4.39 Å². The molecular formula is C16H18FNS. The largest absolute Gasteiger partial charge is 0.306 e. The van der Waals surface area contributed by atoms with Crippen LogP contribution in [0, 0.1) is 18.7 Å². The molecule has 0 aliphatic heterocycles. The Morgan fingerprint density at radius 2 is 2.00 bits per heavy atom. The van der Waals surface area contributed by atoms with E-state index in [4.69, 9.17) is 0 Å². The van der Waals surface area contributed by atoms with Crippen LogP contribution in [0.25, 0.3) is 0 Å². The van der Waals surface area contributed by atoms with Crippen LogP contribution in [0.5, 0.6) is 0 Å². The van der Waals surface area contributed by atoms with Crippen molar-refractivity contribution in [3.63, 3.8) is 0 Å². The normalized spacial score (nSPS) is 16.5. The number of aryl methyl sites for hydroxylation is 1. The Balaban J connectivity index is 1.71. The van der Waals surface area contributed by atoms with E-state index >= 15 is 0 Å². The first-order chi connectivity index (χ1) is 9.24. The maximum Gasteiger partial charge on any atom is 0.123 e. The summed E-state index contributed by atoms with van der Waals surface area (Å²) in [5.74, 6) is 0.552. The summed E-state index contributed by atoms with van der Waals surface area (Å²) in [4.78, 5) is 0. The lowest BCUT2D eigenvalue weighted by Gasteiger charge is -2.19. The summed E-state index contributed by atoms with van der Waals surface area (Å²) in [7, 11) is 0. The van der Waals surface area contributed by atoms with Crippen molar-refractivity contribution in [2.24, 2.45) is 5.92 Å². The van der Waals surface area contributed by atoms with Gasteiger partial charge in [-0.3, -0.25) is 0 Å². The van der Waals surface area contributed by atoms with Gasteiger partial charge in [0.2, 0.25) is 0 Å². The van der Waals surface area contributed by atoms with E-state index in [0.29, 0.717) is 12.0 Å². The lowest BCUT2D eigenvalue weighted by Crippen LogP contribution is -2.22. The quantitative estimate of drug-likeness (QED) is 0.851. The van der Waals surface area contributed by atoms with E-state index in [2.05, 4.69) is 23.0 Å². The summed E-state index contributed by atoms with van der Waals surface area (Å²) in [5.41, 5.74) is 3.93. The molecule has 0 spiro atoms. The molecule has 3 heteroatoms. The molecule has 1 unspecified atom stereocenters. The smallest absolute Gasteiger partial charge is 0.123 e. The van der Waals surface area contributed by atoms with Gasteiger partial charge in [-0.15, -0.1) is 0 Å². The van der Waals surface area contributed by atoms with Crippen LogP contribution in [-0.4, -0.2) is 0 Å². The number of thiophene rings is 1. The van der Waals surface area contributed by atoms with E-state index in [0.717, 1.165) is 6.54 Å². The Hall–Kier alpha value is -1.19. The summed E-state index contributed by atoms with van der Waals surface area (Å²) in [5, 5.41) is 8.03. The van der Waals surface area contributed by atoms with Crippen molar-refractivity contribution in [3.05, 3.63) is 57.5 Å². The Labute approximate surface area is 117 Å². The molecule has 1 N–H and O–H groups in total. The molecule has 1 nitrogen and oxygen atoms in total. The summed E-state index contributed by atoms with van der Waals surface area (Å²) < 4.78 is 13.0. The molecule has 2 aromatic rings. The van der Waals surface area contributed by atoms with Crippen LogP contribution in [0.1, 0.15) is 35.6 Å². The van der Waals surface area contributed by atoms with Gasteiger partial charge in [0.05, 0.1) is 0 Å². The molecule has 100 valence electrons. The highest BCUT2D eigenvalue weighted by Crippen LogP contribution is 2.41. The lowest BCUT2D eigenvalue weighted by molar-refractivity contribution is 0.479. The number of benzene rings is 1. The molecule has 0 amide bonds. The molecule has 1 aliphatic carbocycles. The topological polar surface area (TPSA) is 12.0 Å². The fourth-order valence-corrected chi connectivity index (χ4v) is 3.30. The molecule has 1 aromatic carbocycles. The third-order valence-corrected chi connectivity index (χ3v) is 4.71. The second-order valence-electron chi connectivity index (χ2n) is 5.33. The molecular weight excluding hydrogens is 257 g/mol. The van der Waals surface area contributed by atoms with Gasteiger partial charge in [-0.2, -0.15) is 11.3 Å². The molecule has 1 heterocycles. The van der Waals surface area contributed by atoms with Gasteiger partial charge in [0.1, 0.15) is 5.82 Å². The first kappa shape index (κ1) is 12.8. The third kappa shape index (κ3) is 3.04. The van der Waals surface area contributed by atoms with Crippen LogP contribution in [0.4, 0.5) is 4.39 Å². The van der Waals surface area contributed by atoms with Crippen LogP contribution < -0.4 is 5.32 Å². The maximum absolute atomic E-state index is 13.0. The van der Waals surface area contributed by atoms with Crippen LogP contribution in [0.2, 0.25) is 0 Å². The van der Waals surface area contributed by atoms with Gasteiger partial charge >= 0.3 is 0 Å². The summed E-state index contributed by atoms with van der Waals surface area (Å²) in [6.45, 7) is 3.05. The first-order valence-electron chi connectivity index (χ1n) is 6.74. The predicted octanol–water partition coefficient (Wildman–Crippen LogP) is 4.44. The van der Waals surface area contributed by atoms with Crippen molar-refractivity contribution in [2.45, 2.75) is 32.4 Å². The molecule has 0 bridgehead atoms. The molecule has 1 aliphatic rings. The van der Waals surface area contributed by atoms with Gasteiger partial charge in [0, 0.05) is 12.6 Å². The van der Waals surface area contributed by atoms with Gasteiger partial charge in [-0.1, -0.05) is 12.1 Å². The fourth-order valence-electron chi connectivity index (χ4n) is 2.44. The van der Waals surface area contributed by atoms with E-state index in [1.54, 1.807) is 23.5 Å². The lowest BCUT2D eigenvalue weighted by atomic mass is 10.0. The summed E-state index contributed by atoms with van der Waals surface area (Å²) in [6, 6.07) is 7.29. The Bertz CT molecular complexity index is 542. The second kappa shape index (κ2) is 5.43. The van der Waals surface area contributed by atoms with Gasteiger partial charge in [-0.05, 0) is 65.3 Å². The number of hydrogen-bond donors (Lipinski definition) is 1. The monoisotopic (exact) mass is 275 g/mol. The van der Waals surface area contributed by atoms with Crippen LogP contribution >= 0.6 is 11.3 Å². The molecule has 0 radical (unpaired) electrons. The van der Waals surface area contributed by atoms with Crippen LogP contribution in [0.15, 0.2) is 35.0 Å². The van der Waals surface area contributed by atoms with Crippen molar-refractivity contribution >= 4 is 11.3 Å². The van der Waals surface area contributed by atoms with Crippen molar-refractivity contribution in [3.8, 4) is 0 Å². The third-order valence-electron chi connectivity index (χ3n) is 3.80. The molecule has 3 rings (SSSR count). The Morgan fingerprint density at radius 1 is 1.26 bits per heavy atom. The van der Waals surface area contributed by atoms with E-state index < -0.39 is 0 Å². The molecule has 1 atom stereocenters. The average Bonchev–Trinajstić information content (AvgIpc) is 3.16.